The van der Waals surface area contributed by atoms with Gasteiger partial charge in [0, 0.05) is 43.4 Å². The number of nitrogen functional groups attached to an aromatic ring is 1. The minimum absolute atomic E-state index is 0. The molecule has 0 radical (unpaired) electrons. The standard InChI is InChI=1S/C22H26N2O2.C15H15NO2.C10H11BrO2.C7H13NO.C7H9N.C4H8O.ClH.I23.I22/c1-16-7-5-6-10-19(16)23-21(18-8-3-2-4-9-18)22(25)26-20-15-24-13-11-17(20)12-14-24;1-11-7-5-6-10-13(11)16-14(15(17)18)12-8-3-2-4-9-12;1-2-13-10(12)9(11)8-6-4-3-5-7-8;9-7-5-8-3-1-6(7)2-4-8;1-6-4-2-3-5-7(6)8;1-2-4-5-3-1;;1-13-15(4)17(6)19(8)21(10)23(12)22(11)20(9)18(7)16(5)14(2)3;1-13(2)15(5)17(7)19(9)21(11)22(12)20(10)18(8)16(6)14(3)4/h2-10,17,20-21,23H,11-15H2,1H3;2-10,14,16H,1H3,(H,17,18);3-7,9H,2H2,1H3;6-7,9H,1-5H2;2-5H,8H2,1H3;1-4H2;1H;;/q;;;;;;;-1;/t20-,21?;;;7-;;;;;/m0..0...../s1. The van der Waals surface area contributed by atoms with Crippen molar-refractivity contribution >= 4 is 668 Å². The van der Waals surface area contributed by atoms with E-state index in [1.54, 1.807) is 6.92 Å². The van der Waals surface area contributed by atoms with Crippen molar-refractivity contribution in [3.63, 3.8) is 0 Å². The SMILES string of the molecule is C1CCOC1.CCOC(=O)C(Br)c1ccccc1.Cc1ccccc1N.Cc1ccccc1NC(C(=O)O)c1ccccc1.Cc1ccccc1NC(C(=O)O[C@H]1CN2CCC1CC2)c1ccccc1.Cl.II(I)I(I)I(I)I(I)I(I)I(I)I(I)I(I)I(I)I(I)I.I[I-]I(I)I(I)I(I)I(I)I(I)I(I)I(I)I(I)I(I)I(I)I.O[C@H]1CN2CCC1CC2. The Labute approximate surface area is 1070 Å². The second-order valence-electron chi connectivity index (χ2n) is 23.8. The molecule has 4 bridgehead atoms. The monoisotopic (exact) mass is 6890 g/mol. The number of esters is 2. The molecule has 5 atom stereocenters. The van der Waals surface area contributed by atoms with Gasteiger partial charge in [0.25, 0.3) is 0 Å². The number of aliphatic hydroxyl groups is 1. The van der Waals surface area contributed by atoms with Crippen LogP contribution >= 0.6 is 633 Å². The van der Waals surface area contributed by atoms with E-state index in [0.29, 0.717) is 31.7 Å². The summed E-state index contributed by atoms with van der Waals surface area (Å²) in [6, 6.07) is 50.8. The van der Waals surface area contributed by atoms with E-state index in [1.165, 1.54) is 38.8 Å². The number of alkyl halides is 1. The maximum absolute atomic E-state index is 13.1. The number of piperidine rings is 6. The van der Waals surface area contributed by atoms with E-state index >= 15 is 0 Å². The third-order valence-electron chi connectivity index (χ3n) is 16.2. The first-order chi connectivity index (χ1) is 58.7. The van der Waals surface area contributed by atoms with Gasteiger partial charge in [0.15, 0.2) is 12.1 Å². The van der Waals surface area contributed by atoms with Crippen LogP contribution in [0.3, 0.4) is 0 Å². The molecule has 0 saturated carbocycles. The number of carboxylic acids is 1. The molecule has 7 aliphatic heterocycles. The number of halogens is 47. The number of rotatable bonds is 31. The number of aliphatic carboxylic acids is 1. The number of carbonyl (C=O) groups excluding carboxylic acids is 2. The van der Waals surface area contributed by atoms with Gasteiger partial charge in [-0.05, 0) is 156 Å². The summed E-state index contributed by atoms with van der Waals surface area (Å²) in [6.07, 6.45) is 7.29. The van der Waals surface area contributed by atoms with Crippen molar-refractivity contribution in [1.29, 1.82) is 0 Å². The fraction of sp³-hybridized carbons (Fsp3) is 0.400. The summed E-state index contributed by atoms with van der Waals surface area (Å²) < 4.78 is 15.8. The van der Waals surface area contributed by atoms with Gasteiger partial charge in [-0.1, -0.05) is 162 Å². The van der Waals surface area contributed by atoms with E-state index in [4.69, 9.17) is 19.9 Å². The number of hydrogen-bond acceptors (Lipinski definition) is 12. The van der Waals surface area contributed by atoms with Crippen LogP contribution in [-0.2, 0) is 28.6 Å². The van der Waals surface area contributed by atoms with Gasteiger partial charge in [0.1, 0.15) is 10.9 Å². The number of anilines is 3. The van der Waals surface area contributed by atoms with Crippen LogP contribution in [-0.4, -0.2) is 109 Å². The number of hydrogen-bond donors (Lipinski definition) is 5. The van der Waals surface area contributed by atoms with Gasteiger partial charge in [-0.3, -0.25) is 9.69 Å². The van der Waals surface area contributed by atoms with Crippen molar-refractivity contribution in [2.45, 2.75) is 95.3 Å². The van der Waals surface area contributed by atoms with Crippen molar-refractivity contribution in [1.82, 2.24) is 9.80 Å². The Morgan fingerprint density at radius 1 is 0.456 bits per heavy atom. The summed E-state index contributed by atoms with van der Waals surface area (Å²) in [5, 5.41) is 25.1. The molecular formula is C65H83BrClI45N5O8-. The summed E-state index contributed by atoms with van der Waals surface area (Å²) in [7, 11) is -8.25. The molecule has 3 unspecified atom stereocenters. The topological polar surface area (TPSA) is 176 Å². The predicted octanol–water partition coefficient (Wildman–Crippen LogP) is 48.5. The number of nitrogens with two attached hydrogens (primary N) is 1. The Morgan fingerprint density at radius 2 is 0.776 bits per heavy atom. The molecule has 13 rings (SSSR count). The average Bonchev–Trinajstić information content (AvgIpc) is 1.04. The number of carbonyl (C=O) groups is 3. The normalized spacial score (nSPS) is 19.9. The molecule has 7 aliphatic rings. The molecule has 0 aromatic heterocycles. The van der Waals surface area contributed by atoms with Crippen LogP contribution in [0.1, 0.15) is 95.7 Å². The number of benzene rings is 6. The van der Waals surface area contributed by atoms with Crippen molar-refractivity contribution in [3.05, 3.63) is 197 Å². The number of aryl methyl sites for hydroxylation is 3. The summed E-state index contributed by atoms with van der Waals surface area (Å²) >= 11 is 77.6. The molecule has 0 spiro atoms. The smallest absolute Gasteiger partial charge is 0.0696 e. The second kappa shape index (κ2) is 86.3. The van der Waals surface area contributed by atoms with Gasteiger partial charge in [-0.2, -0.15) is 0 Å². The van der Waals surface area contributed by atoms with Crippen LogP contribution in [0, 0.1) is 32.6 Å². The number of nitrogens with one attached hydrogen (secondary N) is 2. The minimum atomic E-state index is -0.885. The van der Waals surface area contributed by atoms with Crippen molar-refractivity contribution in [2.75, 3.05) is 75.5 Å². The van der Waals surface area contributed by atoms with Gasteiger partial charge in [0.2, 0.25) is 0 Å². The zero-order chi connectivity index (χ0) is 92.6. The van der Waals surface area contributed by atoms with Gasteiger partial charge in [-0.15, -0.1) is 12.4 Å². The molecule has 746 valence electrons. The van der Waals surface area contributed by atoms with Crippen molar-refractivity contribution < 1.29 is 52.1 Å². The maximum Gasteiger partial charge on any atom is 0.0696 e. The number of ether oxygens (including phenoxy) is 3. The Hall–Kier alpha value is 26.6. The molecular weight excluding hydrogens is 6800 g/mol. The Bertz CT molecular complexity index is 3900. The van der Waals surface area contributed by atoms with E-state index < -0.39 is 160 Å². The van der Waals surface area contributed by atoms with Gasteiger partial charge >= 0.3 is 636 Å². The van der Waals surface area contributed by atoms with Gasteiger partial charge in [-0.25, -0.2) is 9.59 Å². The van der Waals surface area contributed by atoms with Crippen LogP contribution < -0.4 is 29.6 Å². The summed E-state index contributed by atoms with van der Waals surface area (Å²) in [5.41, 5.74) is 14.1. The molecule has 6 aromatic rings. The average molecular weight is 6890 g/mol. The van der Waals surface area contributed by atoms with Crippen LogP contribution in [0.2, 0.25) is 0 Å². The van der Waals surface area contributed by atoms with Crippen LogP contribution in [0.15, 0.2) is 164 Å². The van der Waals surface area contributed by atoms with E-state index in [1.807, 2.05) is 185 Å². The molecule has 125 heavy (non-hydrogen) atoms. The first-order valence-corrected chi connectivity index (χ1v) is 305. The molecule has 7 heterocycles. The predicted molar refractivity (Wildman–Crippen MR) is 944 cm³/mol. The summed E-state index contributed by atoms with van der Waals surface area (Å²) in [6.45, 7) is 16.7. The largest absolute Gasteiger partial charge is 0.392 e. The molecule has 7 fully saturated rings. The molecule has 0 amide bonds. The fourth-order valence-electron chi connectivity index (χ4n) is 10.4. The molecule has 6 N–H and O–H groups in total. The van der Waals surface area contributed by atoms with E-state index in [9.17, 15) is 24.6 Å². The number of para-hydroxylation sites is 3. The third kappa shape index (κ3) is 58.9. The van der Waals surface area contributed by atoms with E-state index in [-0.39, 0.29) is 57.2 Å². The van der Waals surface area contributed by atoms with E-state index in [2.05, 4.69) is 483 Å². The number of fused-ring (bicyclic) bond motifs is 6. The first kappa shape index (κ1) is 146. The zero-order valence-electron chi connectivity index (χ0n) is 63.8. The molecule has 0 aliphatic carbocycles. The van der Waals surface area contributed by atoms with Crippen LogP contribution in [0.25, 0.3) is 0 Å². The second-order valence-corrected chi connectivity index (χ2v) is 1020. The Balaban J connectivity index is 0.000000382. The van der Waals surface area contributed by atoms with Crippen LogP contribution in [0.5, 0.6) is 0 Å². The van der Waals surface area contributed by atoms with Crippen molar-refractivity contribution in [2.24, 2.45) is 11.8 Å². The molecule has 7 saturated heterocycles. The zero-order valence-corrected chi connectivity index (χ0v) is 163. The Kier molecular flexibility index (Phi) is 101. The summed E-state index contributed by atoms with van der Waals surface area (Å²) in [5.74, 6) is -0.162. The summed E-state index contributed by atoms with van der Waals surface area (Å²) in [4.78, 5) is 40.1. The quantitative estimate of drug-likeness (QED) is 0.0120. The maximum atomic E-state index is 13.1. The number of aliphatic hydroxyl groups excluding tert-OH is 1. The number of nitrogens with zero attached hydrogens (tertiary/aromatic N) is 2. The third-order valence-corrected chi connectivity index (χ3v) is 3070. The van der Waals surface area contributed by atoms with Crippen LogP contribution in [0.4, 0.5) is 17.1 Å². The van der Waals surface area contributed by atoms with Gasteiger partial charge < -0.3 is 45.7 Å². The minimum Gasteiger partial charge on any atom is -0.392 e. The van der Waals surface area contributed by atoms with E-state index in [0.717, 1.165) is 103 Å². The molecule has 60 heteroatoms. The first-order valence-electron chi connectivity index (χ1n) is 34.0. The fourth-order valence-corrected chi connectivity index (χ4v) is 6930. The number of carboxylic acid groups (broad SMARTS) is 1. The van der Waals surface area contributed by atoms with Crippen molar-refractivity contribution in [3.8, 4) is 0 Å². The molecule has 6 aromatic carbocycles. The molecule has 13 nitrogen and oxygen atoms in total. The Morgan fingerprint density at radius 3 is 1.06 bits per heavy atom. The van der Waals surface area contributed by atoms with Gasteiger partial charge in [0.05, 0.1) is 12.7 Å².